The van der Waals surface area contributed by atoms with Crippen LogP contribution in [-0.2, 0) is 4.79 Å². The molecule has 2 saturated carbocycles. The molecule has 0 unspecified atom stereocenters. The number of hydrogen-bond acceptors (Lipinski definition) is 7. The van der Waals surface area contributed by atoms with Crippen LogP contribution in [0, 0.1) is 17.5 Å². The van der Waals surface area contributed by atoms with Crippen molar-refractivity contribution in [3.05, 3.63) is 35.8 Å². The van der Waals surface area contributed by atoms with Gasteiger partial charge in [0.05, 0.1) is 6.20 Å². The van der Waals surface area contributed by atoms with Crippen LogP contribution in [0.15, 0.2) is 18.3 Å². The number of nitrogens with one attached hydrogen (secondary N) is 3. The highest BCUT2D eigenvalue weighted by molar-refractivity contribution is 5.85. The Morgan fingerprint density at radius 1 is 1.11 bits per heavy atom. The third-order valence-electron chi connectivity index (χ3n) is 6.58. The Hall–Kier alpha value is -3.41. The Kier molecular flexibility index (Phi) is 6.23. The topological polar surface area (TPSA) is 117 Å². The summed E-state index contributed by atoms with van der Waals surface area (Å²) >= 11 is 0. The van der Waals surface area contributed by atoms with E-state index < -0.39 is 28.7 Å². The number of rotatable bonds is 7. The van der Waals surface area contributed by atoms with Crippen molar-refractivity contribution in [1.29, 1.82) is 0 Å². The van der Waals surface area contributed by atoms with Gasteiger partial charge in [0.15, 0.2) is 17.3 Å². The summed E-state index contributed by atoms with van der Waals surface area (Å²) in [6.45, 7) is 3.87. The molecule has 12 heteroatoms. The average molecular weight is 504 g/mol. The molecule has 0 bridgehead atoms. The largest absolute Gasteiger partial charge is 0.380 e. The van der Waals surface area contributed by atoms with Gasteiger partial charge in [-0.3, -0.25) is 9.36 Å². The predicted molar refractivity (Wildman–Crippen MR) is 127 cm³/mol. The molecule has 2 heterocycles. The molecular formula is C24H28F3N7O2. The van der Waals surface area contributed by atoms with Gasteiger partial charge in [-0.15, -0.1) is 0 Å². The average Bonchev–Trinajstić information content (AvgIpc) is 3.55. The minimum atomic E-state index is -1.47. The zero-order valence-corrected chi connectivity index (χ0v) is 20.0. The second-order valence-electron chi connectivity index (χ2n) is 9.89. The first-order valence-electron chi connectivity index (χ1n) is 12.1. The monoisotopic (exact) mass is 503 g/mol. The van der Waals surface area contributed by atoms with Crippen LogP contribution >= 0.6 is 0 Å². The van der Waals surface area contributed by atoms with Gasteiger partial charge in [0, 0.05) is 30.3 Å². The minimum Gasteiger partial charge on any atom is -0.380 e. The first-order valence-corrected chi connectivity index (χ1v) is 12.1. The Bertz CT molecular complexity index is 1280. The summed E-state index contributed by atoms with van der Waals surface area (Å²) in [6, 6.07) is 1.09. The van der Waals surface area contributed by atoms with Crippen molar-refractivity contribution in [2.45, 2.75) is 76.1 Å². The van der Waals surface area contributed by atoms with E-state index in [1.165, 1.54) is 6.20 Å². The summed E-state index contributed by atoms with van der Waals surface area (Å²) < 4.78 is 44.0. The van der Waals surface area contributed by atoms with Crippen LogP contribution in [0.3, 0.4) is 0 Å². The van der Waals surface area contributed by atoms with Crippen molar-refractivity contribution in [3.63, 3.8) is 0 Å². The maximum atomic E-state index is 14.4. The number of nitrogens with zero attached hydrogens (tertiary/aromatic N) is 4. The van der Waals surface area contributed by atoms with Gasteiger partial charge in [-0.05, 0) is 52.4 Å². The lowest BCUT2D eigenvalue weighted by Gasteiger charge is -2.35. The van der Waals surface area contributed by atoms with Crippen LogP contribution < -0.4 is 16.0 Å². The number of aromatic nitrogens is 4. The van der Waals surface area contributed by atoms with Crippen molar-refractivity contribution in [1.82, 2.24) is 24.8 Å². The first kappa shape index (κ1) is 24.3. The standard InChI is InChI=1S/C24H28F3N7O2/c1-12(2)29-22-28-11-18-20(33-22)34(23(31-18)32-19-16(26)9-13(25)10-17(19)27)15-5-7-24(36,8-6-15)21(35)30-14-3-4-14/h9-12,14-15,36H,3-8H2,1-2H3,(H,30,35)(H,31,32)(H,28,29,33). The van der Waals surface area contributed by atoms with Gasteiger partial charge in [-0.25, -0.2) is 23.1 Å². The molecule has 0 atom stereocenters. The highest BCUT2D eigenvalue weighted by Crippen LogP contribution is 2.40. The fourth-order valence-corrected chi connectivity index (χ4v) is 4.54. The predicted octanol–water partition coefficient (Wildman–Crippen LogP) is 3.93. The van der Waals surface area contributed by atoms with Crippen molar-refractivity contribution >= 4 is 34.7 Å². The summed E-state index contributed by atoms with van der Waals surface area (Å²) in [4.78, 5) is 25.9. The van der Waals surface area contributed by atoms with E-state index in [0.717, 1.165) is 12.8 Å². The van der Waals surface area contributed by atoms with E-state index in [4.69, 9.17) is 0 Å². The number of hydrogen-bond donors (Lipinski definition) is 4. The van der Waals surface area contributed by atoms with E-state index >= 15 is 0 Å². The van der Waals surface area contributed by atoms with Crippen LogP contribution in [0.1, 0.15) is 58.4 Å². The molecule has 2 aliphatic rings. The van der Waals surface area contributed by atoms with Crippen LogP contribution in [0.4, 0.5) is 30.8 Å². The zero-order chi connectivity index (χ0) is 25.6. The van der Waals surface area contributed by atoms with Crippen LogP contribution in [0.5, 0.6) is 0 Å². The van der Waals surface area contributed by atoms with Crippen molar-refractivity contribution in [2.24, 2.45) is 0 Å². The number of carbonyl (C=O) groups excluding carboxylic acids is 1. The fraction of sp³-hybridized carbons (Fsp3) is 0.500. The molecule has 0 aliphatic heterocycles. The number of carbonyl (C=O) groups is 1. The van der Waals surface area contributed by atoms with Gasteiger partial charge in [0.2, 0.25) is 11.9 Å². The third-order valence-corrected chi connectivity index (χ3v) is 6.58. The van der Waals surface area contributed by atoms with Gasteiger partial charge < -0.3 is 21.1 Å². The molecule has 36 heavy (non-hydrogen) atoms. The Morgan fingerprint density at radius 3 is 2.39 bits per heavy atom. The summed E-state index contributed by atoms with van der Waals surface area (Å²) in [5, 5.41) is 19.6. The number of amides is 1. The van der Waals surface area contributed by atoms with E-state index in [9.17, 15) is 23.1 Å². The summed E-state index contributed by atoms with van der Waals surface area (Å²) in [5.74, 6) is -3.14. The van der Waals surface area contributed by atoms with E-state index in [-0.39, 0.29) is 42.8 Å². The molecule has 4 N–H and O–H groups in total. The van der Waals surface area contributed by atoms with E-state index in [1.54, 1.807) is 4.57 Å². The number of anilines is 3. The number of aliphatic hydroxyl groups is 1. The Balaban J connectivity index is 1.50. The summed E-state index contributed by atoms with van der Waals surface area (Å²) in [7, 11) is 0. The Labute approximate surface area is 205 Å². The number of halogens is 3. The second kappa shape index (κ2) is 9.23. The quantitative estimate of drug-likeness (QED) is 0.386. The van der Waals surface area contributed by atoms with Crippen molar-refractivity contribution in [2.75, 3.05) is 10.6 Å². The SMILES string of the molecule is CC(C)Nc1ncc2nc(Nc3c(F)cc(F)cc3F)n(C3CCC(O)(C(=O)NC4CC4)CC3)c2n1. The molecule has 9 nitrogen and oxygen atoms in total. The molecule has 0 spiro atoms. The van der Waals surface area contributed by atoms with Crippen LogP contribution in [0.2, 0.25) is 0 Å². The maximum absolute atomic E-state index is 14.4. The number of benzene rings is 1. The highest BCUT2D eigenvalue weighted by atomic mass is 19.1. The molecule has 5 rings (SSSR count). The van der Waals surface area contributed by atoms with Crippen molar-refractivity contribution in [3.8, 4) is 0 Å². The normalized spacial score (nSPS) is 22.1. The number of fused-ring (bicyclic) bond motifs is 1. The smallest absolute Gasteiger partial charge is 0.252 e. The minimum absolute atomic E-state index is 0.0634. The zero-order valence-electron chi connectivity index (χ0n) is 20.0. The van der Waals surface area contributed by atoms with Gasteiger partial charge >= 0.3 is 0 Å². The molecule has 1 amide bonds. The van der Waals surface area contributed by atoms with Gasteiger partial charge in [0.1, 0.15) is 22.6 Å². The van der Waals surface area contributed by atoms with E-state index in [2.05, 4.69) is 30.9 Å². The lowest BCUT2D eigenvalue weighted by atomic mass is 9.81. The molecule has 0 radical (unpaired) electrons. The Morgan fingerprint density at radius 2 is 1.78 bits per heavy atom. The van der Waals surface area contributed by atoms with E-state index in [1.807, 2.05) is 13.8 Å². The molecule has 1 aromatic carbocycles. The lowest BCUT2D eigenvalue weighted by Crippen LogP contribution is -2.49. The molecule has 2 aromatic heterocycles. The van der Waals surface area contributed by atoms with E-state index in [0.29, 0.717) is 42.1 Å². The summed E-state index contributed by atoms with van der Waals surface area (Å²) in [6.07, 6.45) is 4.56. The van der Waals surface area contributed by atoms with Crippen molar-refractivity contribution < 1.29 is 23.1 Å². The molecule has 192 valence electrons. The number of imidazole rings is 1. The highest BCUT2D eigenvalue weighted by Gasteiger charge is 2.42. The fourth-order valence-electron chi connectivity index (χ4n) is 4.54. The van der Waals surface area contributed by atoms with Crippen LogP contribution in [-0.4, -0.2) is 48.2 Å². The van der Waals surface area contributed by atoms with Gasteiger partial charge in [-0.1, -0.05) is 0 Å². The molecule has 2 aliphatic carbocycles. The maximum Gasteiger partial charge on any atom is 0.252 e. The van der Waals surface area contributed by atoms with Crippen LogP contribution in [0.25, 0.3) is 11.2 Å². The molecule has 0 saturated heterocycles. The molecule has 2 fully saturated rings. The molecular weight excluding hydrogens is 475 g/mol. The van der Waals surface area contributed by atoms with Gasteiger partial charge in [-0.2, -0.15) is 4.98 Å². The lowest BCUT2D eigenvalue weighted by molar-refractivity contribution is -0.144. The summed E-state index contributed by atoms with van der Waals surface area (Å²) in [5.41, 5.74) is -1.20. The third kappa shape index (κ3) is 4.81. The second-order valence-corrected chi connectivity index (χ2v) is 9.89. The van der Waals surface area contributed by atoms with Gasteiger partial charge in [0.25, 0.3) is 5.91 Å². The molecule has 3 aromatic rings. The first-order chi connectivity index (χ1) is 17.1.